The molecule has 4 nitrogen and oxygen atoms in total. The molecule has 0 aliphatic carbocycles. The normalized spacial score (nSPS) is 10.8. The van der Waals surface area contributed by atoms with E-state index in [1.165, 1.54) is 0 Å². The molecule has 2 rings (SSSR count). The van der Waals surface area contributed by atoms with E-state index in [2.05, 4.69) is 38.1 Å². The Hall–Kier alpha value is -1.31. The van der Waals surface area contributed by atoms with Crippen LogP contribution in [0.5, 0.6) is 23.0 Å². The van der Waals surface area contributed by atoms with Crippen LogP contribution in [0.3, 0.4) is 0 Å². The van der Waals surface area contributed by atoms with E-state index in [1.54, 1.807) is 35.3 Å². The summed E-state index contributed by atoms with van der Waals surface area (Å²) >= 11 is 5.15. The lowest BCUT2D eigenvalue weighted by Gasteiger charge is -2.20. The highest BCUT2D eigenvalue weighted by Crippen LogP contribution is 2.51. The molecule has 0 unspecified atom stereocenters. The molecule has 172 valence electrons. The summed E-state index contributed by atoms with van der Waals surface area (Å²) in [4.78, 5) is 4.18. The van der Waals surface area contributed by atoms with Gasteiger partial charge < -0.3 is 18.9 Å². The van der Waals surface area contributed by atoms with Gasteiger partial charge in [-0.15, -0.1) is 23.5 Å². The first kappa shape index (κ1) is 25.9. The Bertz CT molecular complexity index is 705. The standard InChI is InChI=1S/C24H34O4S3/c1-7-25-19-13-17(29-11-5)14-20(26-8-2)23(19)31-24-21(27-9-3)15-18(30-12-6)16-22(24)28-10-4/h13-16H,7-12H2,1-6H3. The number of ether oxygens (including phenoxy) is 4. The number of hydrogen-bond donors (Lipinski definition) is 0. The summed E-state index contributed by atoms with van der Waals surface area (Å²) in [5.41, 5.74) is 0. The smallest absolute Gasteiger partial charge is 0.138 e. The first-order valence-electron chi connectivity index (χ1n) is 10.9. The molecule has 0 radical (unpaired) electrons. The van der Waals surface area contributed by atoms with Gasteiger partial charge in [-0.1, -0.05) is 25.6 Å². The van der Waals surface area contributed by atoms with Crippen molar-refractivity contribution in [1.29, 1.82) is 0 Å². The summed E-state index contributed by atoms with van der Waals surface area (Å²) in [6.07, 6.45) is 0. The topological polar surface area (TPSA) is 36.9 Å². The quantitative estimate of drug-likeness (QED) is 0.256. The summed E-state index contributed by atoms with van der Waals surface area (Å²) in [5.74, 6) is 5.28. The summed E-state index contributed by atoms with van der Waals surface area (Å²) < 4.78 is 24.2. The fraction of sp³-hybridized carbons (Fsp3) is 0.500. The molecule has 0 N–H and O–H groups in total. The monoisotopic (exact) mass is 482 g/mol. The Labute approximate surface area is 200 Å². The maximum absolute atomic E-state index is 6.05. The highest BCUT2D eigenvalue weighted by molar-refractivity contribution is 8.00. The lowest BCUT2D eigenvalue weighted by Crippen LogP contribution is -2.02. The van der Waals surface area contributed by atoms with E-state index in [-0.39, 0.29) is 0 Å². The van der Waals surface area contributed by atoms with Crippen LogP contribution in [-0.4, -0.2) is 37.9 Å². The maximum Gasteiger partial charge on any atom is 0.138 e. The van der Waals surface area contributed by atoms with Crippen LogP contribution in [-0.2, 0) is 0 Å². The van der Waals surface area contributed by atoms with Crippen LogP contribution in [0.15, 0.2) is 43.8 Å². The largest absolute Gasteiger partial charge is 0.493 e. The average molecular weight is 483 g/mol. The van der Waals surface area contributed by atoms with Crippen molar-refractivity contribution in [2.45, 2.75) is 61.1 Å². The molecule has 0 saturated heterocycles. The van der Waals surface area contributed by atoms with Gasteiger partial charge in [-0.2, -0.15) is 0 Å². The molecule has 0 aliphatic rings. The number of hydrogen-bond acceptors (Lipinski definition) is 7. The van der Waals surface area contributed by atoms with Crippen LogP contribution in [0.2, 0.25) is 0 Å². The minimum atomic E-state index is 0.585. The fourth-order valence-electron chi connectivity index (χ4n) is 2.96. The predicted octanol–water partition coefficient (Wildman–Crippen LogP) is 7.66. The third kappa shape index (κ3) is 7.36. The average Bonchev–Trinajstić information content (AvgIpc) is 2.73. The Balaban J connectivity index is 2.63. The van der Waals surface area contributed by atoms with Gasteiger partial charge in [0, 0.05) is 9.79 Å². The van der Waals surface area contributed by atoms with Crippen LogP contribution in [0, 0.1) is 0 Å². The molecule has 0 fully saturated rings. The van der Waals surface area contributed by atoms with Gasteiger partial charge in [-0.3, -0.25) is 0 Å². The van der Waals surface area contributed by atoms with E-state index >= 15 is 0 Å². The second kappa shape index (κ2) is 14.0. The van der Waals surface area contributed by atoms with E-state index in [4.69, 9.17) is 18.9 Å². The third-order valence-corrected chi connectivity index (χ3v) is 6.94. The van der Waals surface area contributed by atoms with Crippen molar-refractivity contribution >= 4 is 35.3 Å². The van der Waals surface area contributed by atoms with Crippen LogP contribution in [0.4, 0.5) is 0 Å². The molecule has 7 heteroatoms. The van der Waals surface area contributed by atoms with Gasteiger partial charge in [-0.25, -0.2) is 0 Å². The van der Waals surface area contributed by atoms with Crippen molar-refractivity contribution < 1.29 is 18.9 Å². The Morgan fingerprint density at radius 3 is 1.03 bits per heavy atom. The van der Waals surface area contributed by atoms with E-state index in [0.717, 1.165) is 54.1 Å². The van der Waals surface area contributed by atoms with Crippen molar-refractivity contribution in [2.24, 2.45) is 0 Å². The number of rotatable bonds is 14. The van der Waals surface area contributed by atoms with Crippen LogP contribution in [0.1, 0.15) is 41.5 Å². The van der Waals surface area contributed by atoms with Crippen molar-refractivity contribution in [3.05, 3.63) is 24.3 Å². The van der Waals surface area contributed by atoms with E-state index in [1.807, 2.05) is 27.7 Å². The van der Waals surface area contributed by atoms with Gasteiger partial charge in [0.2, 0.25) is 0 Å². The van der Waals surface area contributed by atoms with Gasteiger partial charge in [0.1, 0.15) is 23.0 Å². The first-order valence-corrected chi connectivity index (χ1v) is 13.7. The van der Waals surface area contributed by atoms with Crippen LogP contribution < -0.4 is 18.9 Å². The highest BCUT2D eigenvalue weighted by Gasteiger charge is 2.21. The molecule has 0 aromatic heterocycles. The van der Waals surface area contributed by atoms with Crippen molar-refractivity contribution in [3.63, 3.8) is 0 Å². The molecule has 0 heterocycles. The van der Waals surface area contributed by atoms with Crippen molar-refractivity contribution in [2.75, 3.05) is 37.9 Å². The molecule has 0 spiro atoms. The van der Waals surface area contributed by atoms with Crippen LogP contribution in [0.25, 0.3) is 0 Å². The Morgan fingerprint density at radius 1 is 0.516 bits per heavy atom. The molecule has 0 amide bonds. The molecule has 2 aromatic rings. The molecule has 0 aliphatic heterocycles. The Morgan fingerprint density at radius 2 is 0.806 bits per heavy atom. The summed E-state index contributed by atoms with van der Waals surface area (Å²) in [6.45, 7) is 14.6. The van der Waals surface area contributed by atoms with Gasteiger partial charge >= 0.3 is 0 Å². The van der Waals surface area contributed by atoms with Crippen molar-refractivity contribution in [1.82, 2.24) is 0 Å². The van der Waals surface area contributed by atoms with E-state index < -0.39 is 0 Å². The third-order valence-electron chi connectivity index (χ3n) is 4.01. The Kier molecular flexibility index (Phi) is 11.7. The predicted molar refractivity (Wildman–Crippen MR) is 134 cm³/mol. The second-order valence-corrected chi connectivity index (χ2v) is 9.89. The highest BCUT2D eigenvalue weighted by atomic mass is 32.2. The number of benzene rings is 2. The number of thioether (sulfide) groups is 2. The summed E-state index contributed by atoms with van der Waals surface area (Å²) in [6, 6.07) is 8.41. The minimum Gasteiger partial charge on any atom is -0.493 e. The summed E-state index contributed by atoms with van der Waals surface area (Å²) in [5, 5.41) is 0. The van der Waals surface area contributed by atoms with Gasteiger partial charge in [0.05, 0.1) is 36.2 Å². The zero-order chi connectivity index (χ0) is 22.6. The molecule has 0 atom stereocenters. The SMILES string of the molecule is CCOc1cc(SCC)cc(OCC)c1Sc1c(OCC)cc(SCC)cc1OCC. The maximum atomic E-state index is 6.05. The molecular formula is C24H34O4S3. The van der Waals surface area contributed by atoms with Gasteiger partial charge in [0.25, 0.3) is 0 Å². The zero-order valence-electron chi connectivity index (χ0n) is 19.4. The molecular weight excluding hydrogens is 448 g/mol. The van der Waals surface area contributed by atoms with E-state index in [0.29, 0.717) is 26.4 Å². The lowest BCUT2D eigenvalue weighted by molar-refractivity contribution is 0.304. The lowest BCUT2D eigenvalue weighted by atomic mass is 10.3. The second-order valence-electron chi connectivity index (χ2n) is 6.20. The molecule has 31 heavy (non-hydrogen) atoms. The fourth-order valence-corrected chi connectivity index (χ4v) is 5.47. The minimum absolute atomic E-state index is 0.585. The molecule has 2 aromatic carbocycles. The first-order chi connectivity index (χ1) is 15.1. The zero-order valence-corrected chi connectivity index (χ0v) is 21.9. The van der Waals surface area contributed by atoms with Crippen molar-refractivity contribution in [3.8, 4) is 23.0 Å². The molecule has 0 saturated carbocycles. The van der Waals surface area contributed by atoms with Gasteiger partial charge in [0.15, 0.2) is 0 Å². The van der Waals surface area contributed by atoms with E-state index in [9.17, 15) is 0 Å². The summed E-state index contributed by atoms with van der Waals surface area (Å²) in [7, 11) is 0. The molecule has 0 bridgehead atoms. The van der Waals surface area contributed by atoms with Crippen LogP contribution >= 0.6 is 35.3 Å². The van der Waals surface area contributed by atoms with Gasteiger partial charge in [-0.05, 0) is 63.5 Å².